The highest BCUT2D eigenvalue weighted by atomic mass is 32.2. The molecule has 1 atom stereocenters. The van der Waals surface area contributed by atoms with Crippen molar-refractivity contribution in [2.75, 3.05) is 6.54 Å². The van der Waals surface area contributed by atoms with Crippen LogP contribution in [0.25, 0.3) is 0 Å². The first-order valence-electron chi connectivity index (χ1n) is 7.09. The maximum absolute atomic E-state index is 5.68. The average Bonchev–Trinajstić information content (AvgIpc) is 2.75. The Kier molecular flexibility index (Phi) is 5.26. The average molecular weight is 290 g/mol. The fraction of sp³-hybridized carbons (Fsp3) is 0.438. The fourth-order valence-electron chi connectivity index (χ4n) is 2.16. The highest BCUT2D eigenvalue weighted by Gasteiger charge is 2.15. The third-order valence-electron chi connectivity index (χ3n) is 3.36. The van der Waals surface area contributed by atoms with Crippen LogP contribution in [-0.4, -0.2) is 11.5 Å². The van der Waals surface area contributed by atoms with Gasteiger partial charge in [-0.1, -0.05) is 32.0 Å². The van der Waals surface area contributed by atoms with Crippen molar-refractivity contribution in [2.45, 2.75) is 50.3 Å². The number of nitrogens with zero attached hydrogens (tertiary/aromatic N) is 1. The minimum absolute atomic E-state index is 0.376. The Labute approximate surface area is 125 Å². The number of aryl methyl sites for hydroxylation is 2. The monoisotopic (exact) mass is 290 g/mol. The number of rotatable bonds is 6. The van der Waals surface area contributed by atoms with Crippen LogP contribution in [0, 0.1) is 13.8 Å². The van der Waals surface area contributed by atoms with Gasteiger partial charge in [0.15, 0.2) is 0 Å². The zero-order chi connectivity index (χ0) is 14.5. The van der Waals surface area contributed by atoms with Gasteiger partial charge in [-0.3, -0.25) is 0 Å². The van der Waals surface area contributed by atoms with Crippen LogP contribution in [0.5, 0.6) is 0 Å². The quantitative estimate of drug-likeness (QED) is 0.850. The summed E-state index contributed by atoms with van der Waals surface area (Å²) in [4.78, 5) is 5.66. The lowest BCUT2D eigenvalue weighted by Crippen LogP contribution is -2.20. The van der Waals surface area contributed by atoms with Crippen molar-refractivity contribution in [1.29, 1.82) is 0 Å². The zero-order valence-electron chi connectivity index (χ0n) is 12.6. The van der Waals surface area contributed by atoms with E-state index in [9.17, 15) is 0 Å². The molecule has 0 fully saturated rings. The number of oxazole rings is 1. The normalized spacial score (nSPS) is 12.6. The topological polar surface area (TPSA) is 38.1 Å². The van der Waals surface area contributed by atoms with Gasteiger partial charge in [-0.25, -0.2) is 4.98 Å². The molecule has 0 aliphatic carbocycles. The van der Waals surface area contributed by atoms with E-state index in [-0.39, 0.29) is 0 Å². The molecule has 0 aliphatic heterocycles. The molecule has 1 aromatic carbocycles. The molecule has 0 aliphatic rings. The van der Waals surface area contributed by atoms with Crippen LogP contribution in [0.1, 0.15) is 43.3 Å². The Morgan fingerprint density at radius 1 is 1.25 bits per heavy atom. The summed E-state index contributed by atoms with van der Waals surface area (Å²) in [5.41, 5.74) is 2.28. The van der Waals surface area contributed by atoms with Crippen molar-refractivity contribution in [3.8, 4) is 0 Å². The largest absolute Gasteiger partial charge is 0.436 e. The van der Waals surface area contributed by atoms with Gasteiger partial charge >= 0.3 is 0 Å². The van der Waals surface area contributed by atoms with Gasteiger partial charge in [0.25, 0.3) is 5.22 Å². The second-order valence-electron chi connectivity index (χ2n) is 4.78. The fourth-order valence-corrected chi connectivity index (χ4v) is 3.18. The van der Waals surface area contributed by atoms with Crippen LogP contribution >= 0.6 is 11.8 Å². The Bertz CT molecular complexity index is 546. The van der Waals surface area contributed by atoms with Gasteiger partial charge in [-0.2, -0.15) is 0 Å². The maximum atomic E-state index is 5.68. The minimum Gasteiger partial charge on any atom is -0.436 e. The van der Waals surface area contributed by atoms with Gasteiger partial charge in [0, 0.05) is 10.9 Å². The Morgan fingerprint density at radius 3 is 2.60 bits per heavy atom. The van der Waals surface area contributed by atoms with E-state index in [0.29, 0.717) is 6.04 Å². The molecule has 0 saturated heterocycles. The first-order chi connectivity index (χ1) is 9.65. The Hall–Kier alpha value is -1.26. The van der Waals surface area contributed by atoms with Gasteiger partial charge in [-0.15, -0.1) is 0 Å². The van der Waals surface area contributed by atoms with Gasteiger partial charge in [0.1, 0.15) is 5.76 Å². The van der Waals surface area contributed by atoms with E-state index in [1.54, 1.807) is 11.8 Å². The number of nitrogens with one attached hydrogen (secondary N) is 1. The van der Waals surface area contributed by atoms with E-state index < -0.39 is 0 Å². The Balaban J connectivity index is 2.27. The smallest absolute Gasteiger partial charge is 0.261 e. The summed E-state index contributed by atoms with van der Waals surface area (Å²) in [7, 11) is 0. The highest BCUT2D eigenvalue weighted by Crippen LogP contribution is 2.34. The van der Waals surface area contributed by atoms with E-state index in [0.717, 1.165) is 29.6 Å². The molecule has 0 bridgehead atoms. The lowest BCUT2D eigenvalue weighted by atomic mass is 10.0. The minimum atomic E-state index is 0.376. The maximum Gasteiger partial charge on any atom is 0.261 e. The molecule has 1 N–H and O–H groups in total. The molecule has 4 heteroatoms. The molecule has 1 aromatic heterocycles. The van der Waals surface area contributed by atoms with Crippen LogP contribution in [0.2, 0.25) is 0 Å². The summed E-state index contributed by atoms with van der Waals surface area (Å²) in [5, 5.41) is 4.25. The van der Waals surface area contributed by atoms with Crippen LogP contribution < -0.4 is 5.32 Å². The number of hydrogen-bond acceptors (Lipinski definition) is 4. The first-order valence-corrected chi connectivity index (χ1v) is 7.91. The predicted octanol–water partition coefficient (Wildman–Crippen LogP) is 4.50. The van der Waals surface area contributed by atoms with E-state index in [1.807, 2.05) is 13.8 Å². The lowest BCUT2D eigenvalue weighted by molar-refractivity contribution is 0.431. The van der Waals surface area contributed by atoms with Crippen molar-refractivity contribution in [2.24, 2.45) is 0 Å². The van der Waals surface area contributed by atoms with Crippen LogP contribution in [0.3, 0.4) is 0 Å². The molecule has 1 unspecified atom stereocenters. The second kappa shape index (κ2) is 6.95. The summed E-state index contributed by atoms with van der Waals surface area (Å²) in [6, 6.07) is 8.84. The molecule has 20 heavy (non-hydrogen) atoms. The third kappa shape index (κ3) is 3.44. The van der Waals surface area contributed by atoms with Crippen LogP contribution in [0.15, 0.2) is 38.8 Å². The number of aromatic nitrogens is 1. The number of benzene rings is 1. The van der Waals surface area contributed by atoms with Crippen molar-refractivity contribution in [1.82, 2.24) is 10.3 Å². The summed E-state index contributed by atoms with van der Waals surface area (Å²) >= 11 is 1.60. The summed E-state index contributed by atoms with van der Waals surface area (Å²) < 4.78 is 5.68. The van der Waals surface area contributed by atoms with E-state index in [2.05, 4.69) is 48.4 Å². The standard InChI is InChI=1S/C16H22N2OS/c1-5-14(17-6-2)13-9-7-8-10-15(13)20-16-18-11(3)12(4)19-16/h7-10,14,17H,5-6H2,1-4H3. The molecule has 108 valence electrons. The first kappa shape index (κ1) is 15.1. The van der Waals surface area contributed by atoms with Gasteiger partial charge < -0.3 is 9.73 Å². The van der Waals surface area contributed by atoms with Crippen LogP contribution in [-0.2, 0) is 0 Å². The third-order valence-corrected chi connectivity index (χ3v) is 4.30. The molecule has 0 amide bonds. The van der Waals surface area contributed by atoms with Crippen molar-refractivity contribution >= 4 is 11.8 Å². The molecule has 2 rings (SSSR count). The molecule has 0 spiro atoms. The molecule has 0 saturated carbocycles. The van der Waals surface area contributed by atoms with Crippen molar-refractivity contribution in [3.05, 3.63) is 41.3 Å². The zero-order valence-corrected chi connectivity index (χ0v) is 13.4. The van der Waals surface area contributed by atoms with Gasteiger partial charge in [0.2, 0.25) is 0 Å². The summed E-state index contributed by atoms with van der Waals surface area (Å²) in [6.45, 7) is 9.23. The van der Waals surface area contributed by atoms with Gasteiger partial charge in [-0.05, 0) is 50.2 Å². The van der Waals surface area contributed by atoms with Crippen LogP contribution in [0.4, 0.5) is 0 Å². The van der Waals surface area contributed by atoms with E-state index in [1.165, 1.54) is 10.5 Å². The highest BCUT2D eigenvalue weighted by molar-refractivity contribution is 7.99. The van der Waals surface area contributed by atoms with E-state index in [4.69, 9.17) is 4.42 Å². The predicted molar refractivity (Wildman–Crippen MR) is 83.3 cm³/mol. The molecular formula is C16H22N2OS. The SMILES string of the molecule is CCNC(CC)c1ccccc1Sc1nc(C)c(C)o1. The molecular weight excluding hydrogens is 268 g/mol. The second-order valence-corrected chi connectivity index (χ2v) is 5.77. The Morgan fingerprint density at radius 2 is 2.00 bits per heavy atom. The molecule has 2 aromatic rings. The summed E-state index contributed by atoms with van der Waals surface area (Å²) in [6.07, 6.45) is 1.06. The van der Waals surface area contributed by atoms with E-state index >= 15 is 0 Å². The molecule has 1 heterocycles. The summed E-state index contributed by atoms with van der Waals surface area (Å²) in [5.74, 6) is 0.892. The lowest BCUT2D eigenvalue weighted by Gasteiger charge is -2.18. The molecule has 0 radical (unpaired) electrons. The van der Waals surface area contributed by atoms with Gasteiger partial charge in [0.05, 0.1) is 5.69 Å². The molecule has 3 nitrogen and oxygen atoms in total. The van der Waals surface area contributed by atoms with Crippen molar-refractivity contribution in [3.63, 3.8) is 0 Å². The number of hydrogen-bond donors (Lipinski definition) is 1. The van der Waals surface area contributed by atoms with Crippen molar-refractivity contribution < 1.29 is 4.42 Å².